The lowest BCUT2D eigenvalue weighted by atomic mass is 10.1. The average Bonchev–Trinajstić information content (AvgIpc) is 2.78. The molecule has 1 aromatic heterocycles. The molecule has 2 rings (SSSR count). The van der Waals surface area contributed by atoms with Gasteiger partial charge >= 0.3 is 0 Å². The highest BCUT2D eigenvalue weighted by Crippen LogP contribution is 2.23. The molecular formula is C12H8BrIN2OS2. The number of anilines is 1. The highest BCUT2D eigenvalue weighted by molar-refractivity contribution is 14.1. The van der Waals surface area contributed by atoms with Crippen LogP contribution in [0.3, 0.4) is 0 Å². The van der Waals surface area contributed by atoms with Gasteiger partial charge in [-0.2, -0.15) is 0 Å². The molecule has 98 valence electrons. The highest BCUT2D eigenvalue weighted by atomic mass is 127. The number of halogens is 2. The predicted molar refractivity (Wildman–Crippen MR) is 95.0 cm³/mol. The molecule has 1 aromatic carbocycles. The smallest absolute Gasteiger partial charge is 0.256 e. The summed E-state index contributed by atoms with van der Waals surface area (Å²) in [5.41, 5.74) is 7.55. The zero-order valence-electron chi connectivity index (χ0n) is 9.44. The second-order valence-electron chi connectivity index (χ2n) is 3.65. The van der Waals surface area contributed by atoms with Gasteiger partial charge in [0.15, 0.2) is 0 Å². The van der Waals surface area contributed by atoms with Gasteiger partial charge in [0.25, 0.3) is 5.91 Å². The van der Waals surface area contributed by atoms with Crippen molar-refractivity contribution in [2.75, 3.05) is 5.32 Å². The monoisotopic (exact) mass is 466 g/mol. The molecule has 3 N–H and O–H groups in total. The fraction of sp³-hybridized carbons (Fsp3) is 0. The summed E-state index contributed by atoms with van der Waals surface area (Å²) in [5, 5.41) is 4.64. The van der Waals surface area contributed by atoms with Gasteiger partial charge in [0.05, 0.1) is 14.1 Å². The topological polar surface area (TPSA) is 55.1 Å². The second kappa shape index (κ2) is 6.29. The van der Waals surface area contributed by atoms with Crippen molar-refractivity contribution in [3.05, 3.63) is 48.1 Å². The Morgan fingerprint density at radius 3 is 2.74 bits per heavy atom. The first-order valence-corrected chi connectivity index (χ1v) is 8.28. The lowest BCUT2D eigenvalue weighted by molar-refractivity contribution is 0.102. The second-order valence-corrected chi connectivity index (χ2v) is 7.81. The van der Waals surface area contributed by atoms with E-state index in [1.807, 2.05) is 17.5 Å². The van der Waals surface area contributed by atoms with E-state index in [-0.39, 0.29) is 10.9 Å². The molecule has 0 aliphatic rings. The van der Waals surface area contributed by atoms with Crippen LogP contribution < -0.4 is 11.1 Å². The number of rotatable bonds is 3. The Hall–Kier alpha value is -0.510. The van der Waals surface area contributed by atoms with E-state index in [1.165, 1.54) is 11.3 Å². The van der Waals surface area contributed by atoms with E-state index in [9.17, 15) is 4.79 Å². The van der Waals surface area contributed by atoms with E-state index in [2.05, 4.69) is 43.8 Å². The molecular weight excluding hydrogens is 459 g/mol. The number of thiocarbonyl (C=S) groups is 1. The van der Waals surface area contributed by atoms with Crippen LogP contribution in [0.15, 0.2) is 34.1 Å². The summed E-state index contributed by atoms with van der Waals surface area (Å²) in [6.45, 7) is 0. The summed E-state index contributed by atoms with van der Waals surface area (Å²) in [6, 6.07) is 7.22. The Kier molecular flexibility index (Phi) is 4.93. The third-order valence-corrected chi connectivity index (χ3v) is 4.83. The van der Waals surface area contributed by atoms with Gasteiger partial charge in [0.1, 0.15) is 4.99 Å². The minimum Gasteiger partial charge on any atom is -0.389 e. The van der Waals surface area contributed by atoms with Crippen LogP contribution in [0.1, 0.15) is 15.9 Å². The molecule has 0 aliphatic carbocycles. The van der Waals surface area contributed by atoms with Crippen molar-refractivity contribution in [2.45, 2.75) is 0 Å². The van der Waals surface area contributed by atoms with Crippen LogP contribution in [0.5, 0.6) is 0 Å². The number of benzene rings is 1. The van der Waals surface area contributed by atoms with Crippen LogP contribution in [0.2, 0.25) is 0 Å². The number of hydrogen-bond acceptors (Lipinski definition) is 3. The third-order valence-electron chi connectivity index (χ3n) is 2.32. The molecule has 0 saturated carbocycles. The Balaban J connectivity index is 2.28. The van der Waals surface area contributed by atoms with Crippen LogP contribution in [-0.4, -0.2) is 10.9 Å². The maximum Gasteiger partial charge on any atom is 0.256 e. The zero-order valence-corrected chi connectivity index (χ0v) is 14.8. The molecule has 1 heterocycles. The summed E-state index contributed by atoms with van der Waals surface area (Å²) < 4.78 is 1.92. The molecule has 7 heteroatoms. The molecule has 1 amide bonds. The Bertz CT molecular complexity index is 657. The number of carbonyl (C=O) groups excluding carboxylic acids is 1. The van der Waals surface area contributed by atoms with Gasteiger partial charge in [-0.1, -0.05) is 28.1 Å². The Morgan fingerprint density at radius 1 is 1.42 bits per heavy atom. The first-order valence-electron chi connectivity index (χ1n) is 5.12. The van der Waals surface area contributed by atoms with Crippen molar-refractivity contribution in [3.63, 3.8) is 0 Å². The fourth-order valence-electron chi connectivity index (χ4n) is 1.45. The summed E-state index contributed by atoms with van der Waals surface area (Å²) >= 11 is 12.0. The van der Waals surface area contributed by atoms with Crippen molar-refractivity contribution < 1.29 is 4.79 Å². The van der Waals surface area contributed by atoms with Crippen LogP contribution >= 0.6 is 62.1 Å². The zero-order chi connectivity index (χ0) is 14.0. The van der Waals surface area contributed by atoms with Gasteiger partial charge in [-0.15, -0.1) is 11.3 Å². The van der Waals surface area contributed by atoms with Gasteiger partial charge in [-0.3, -0.25) is 4.79 Å². The maximum absolute atomic E-state index is 12.1. The molecule has 19 heavy (non-hydrogen) atoms. The van der Waals surface area contributed by atoms with Gasteiger partial charge in [0.2, 0.25) is 0 Å². The number of thiophene rings is 1. The fourth-order valence-corrected chi connectivity index (χ4v) is 3.31. The van der Waals surface area contributed by atoms with Crippen molar-refractivity contribution in [1.29, 1.82) is 0 Å². The SMILES string of the molecule is NC(=S)c1cc(Br)ccc1NC(=O)c1csc(I)c1. The quantitative estimate of drug-likeness (QED) is 0.531. The average molecular weight is 467 g/mol. The Labute approximate surface area is 141 Å². The number of carbonyl (C=O) groups is 1. The van der Waals surface area contributed by atoms with E-state index in [1.54, 1.807) is 12.1 Å². The summed E-state index contributed by atoms with van der Waals surface area (Å²) in [4.78, 5) is 12.3. The van der Waals surface area contributed by atoms with Gasteiger partial charge in [-0.25, -0.2) is 0 Å². The molecule has 2 aromatic rings. The van der Waals surface area contributed by atoms with Crippen molar-refractivity contribution in [2.24, 2.45) is 5.73 Å². The van der Waals surface area contributed by atoms with E-state index in [0.29, 0.717) is 16.8 Å². The lowest BCUT2D eigenvalue weighted by Gasteiger charge is -2.10. The van der Waals surface area contributed by atoms with Crippen LogP contribution in [0, 0.1) is 2.88 Å². The van der Waals surface area contributed by atoms with E-state index >= 15 is 0 Å². The number of nitrogens with one attached hydrogen (secondary N) is 1. The van der Waals surface area contributed by atoms with Gasteiger partial charge in [0, 0.05) is 15.4 Å². The molecule has 0 atom stereocenters. The largest absolute Gasteiger partial charge is 0.389 e. The summed E-state index contributed by atoms with van der Waals surface area (Å²) in [5.74, 6) is -0.168. The molecule has 0 spiro atoms. The minimum atomic E-state index is -0.168. The van der Waals surface area contributed by atoms with E-state index < -0.39 is 0 Å². The molecule has 0 bridgehead atoms. The standard InChI is InChI=1S/C12H8BrIN2OS2/c13-7-1-2-9(8(4-7)11(15)18)16-12(17)6-3-10(14)19-5-6/h1-5H,(H2,15,18)(H,16,17). The summed E-state index contributed by atoms with van der Waals surface area (Å²) in [7, 11) is 0. The van der Waals surface area contributed by atoms with E-state index in [0.717, 1.165) is 7.36 Å². The molecule has 0 radical (unpaired) electrons. The van der Waals surface area contributed by atoms with E-state index in [4.69, 9.17) is 18.0 Å². The maximum atomic E-state index is 12.1. The molecule has 0 fully saturated rings. The summed E-state index contributed by atoms with van der Waals surface area (Å²) in [6.07, 6.45) is 0. The van der Waals surface area contributed by atoms with Gasteiger partial charge < -0.3 is 11.1 Å². The third kappa shape index (κ3) is 3.74. The minimum absolute atomic E-state index is 0.168. The normalized spacial score (nSPS) is 10.2. The lowest BCUT2D eigenvalue weighted by Crippen LogP contribution is -2.17. The molecule has 3 nitrogen and oxygen atoms in total. The first-order chi connectivity index (χ1) is 8.97. The molecule has 0 unspecified atom stereocenters. The van der Waals surface area contributed by atoms with Crippen molar-refractivity contribution >= 4 is 78.7 Å². The van der Waals surface area contributed by atoms with Crippen molar-refractivity contribution in [1.82, 2.24) is 0 Å². The van der Waals surface area contributed by atoms with Crippen LogP contribution in [0.4, 0.5) is 5.69 Å². The number of hydrogen-bond donors (Lipinski definition) is 2. The number of amides is 1. The van der Waals surface area contributed by atoms with Crippen molar-refractivity contribution in [3.8, 4) is 0 Å². The predicted octanol–water partition coefficient (Wildman–Crippen LogP) is 4.00. The first kappa shape index (κ1) is 14.9. The molecule has 0 saturated heterocycles. The van der Waals surface area contributed by atoms with Crippen LogP contribution in [-0.2, 0) is 0 Å². The Morgan fingerprint density at radius 2 is 2.16 bits per heavy atom. The number of nitrogens with two attached hydrogens (primary N) is 1. The van der Waals surface area contributed by atoms with Gasteiger partial charge in [-0.05, 0) is 46.9 Å². The van der Waals surface area contributed by atoms with Crippen LogP contribution in [0.25, 0.3) is 0 Å². The molecule has 0 aliphatic heterocycles. The highest BCUT2D eigenvalue weighted by Gasteiger charge is 2.12.